The first-order valence-corrected chi connectivity index (χ1v) is 5.07. The molecule has 1 atom stereocenters. The maximum Gasteiger partial charge on any atom is 0.308 e. The van der Waals surface area contributed by atoms with Crippen molar-refractivity contribution in [3.63, 3.8) is 0 Å². The van der Waals surface area contributed by atoms with Gasteiger partial charge in [0.15, 0.2) is 0 Å². The number of carboxylic acids is 1. The van der Waals surface area contributed by atoms with Gasteiger partial charge in [0.05, 0.1) is 5.92 Å². The molecule has 1 fully saturated rings. The summed E-state index contributed by atoms with van der Waals surface area (Å²) in [5.74, 6) is -0.915. The lowest BCUT2D eigenvalue weighted by Gasteiger charge is -2.19. The Morgan fingerprint density at radius 2 is 2.47 bits per heavy atom. The Labute approximate surface area is 88.6 Å². The Hall–Kier alpha value is -1.58. The lowest BCUT2D eigenvalue weighted by atomic mass is 10.1. The molecule has 0 bridgehead atoms. The maximum absolute atomic E-state index is 10.8. The highest BCUT2D eigenvalue weighted by molar-refractivity contribution is 5.72. The van der Waals surface area contributed by atoms with E-state index in [0.29, 0.717) is 6.54 Å². The second kappa shape index (κ2) is 3.88. The summed E-state index contributed by atoms with van der Waals surface area (Å²) in [6.07, 6.45) is 4.29. The van der Waals surface area contributed by atoms with Crippen molar-refractivity contribution >= 4 is 11.7 Å². The van der Waals surface area contributed by atoms with E-state index in [1.807, 2.05) is 19.2 Å². The molecule has 80 valence electrons. The van der Waals surface area contributed by atoms with Gasteiger partial charge < -0.3 is 10.0 Å². The Morgan fingerprint density at radius 1 is 1.67 bits per heavy atom. The Balaban J connectivity index is 2.14. The second-order valence-corrected chi connectivity index (χ2v) is 3.93. The molecule has 1 aliphatic rings. The number of aliphatic carboxylic acids is 1. The quantitative estimate of drug-likeness (QED) is 0.792. The van der Waals surface area contributed by atoms with Crippen molar-refractivity contribution in [2.75, 3.05) is 18.0 Å². The Bertz CT molecular complexity index is 379. The number of hydrogen-bond acceptors (Lipinski definition) is 3. The number of carbonyl (C=O) groups is 1. The zero-order valence-corrected chi connectivity index (χ0v) is 8.68. The van der Waals surface area contributed by atoms with E-state index in [9.17, 15) is 4.79 Å². The zero-order valence-electron chi connectivity index (χ0n) is 8.68. The fourth-order valence-electron chi connectivity index (χ4n) is 2.00. The highest BCUT2D eigenvalue weighted by Crippen LogP contribution is 2.25. The van der Waals surface area contributed by atoms with E-state index >= 15 is 0 Å². The van der Waals surface area contributed by atoms with Gasteiger partial charge in [0.2, 0.25) is 0 Å². The number of aromatic nitrogens is 1. The molecule has 0 aromatic carbocycles. The van der Waals surface area contributed by atoms with E-state index in [1.165, 1.54) is 0 Å². The van der Waals surface area contributed by atoms with E-state index in [-0.39, 0.29) is 5.92 Å². The van der Waals surface area contributed by atoms with Gasteiger partial charge in [-0.25, -0.2) is 0 Å². The van der Waals surface area contributed by atoms with Crippen molar-refractivity contribution in [3.8, 4) is 0 Å². The molecular formula is C11H14N2O2. The molecule has 0 saturated carbocycles. The molecule has 1 N–H and O–H groups in total. The van der Waals surface area contributed by atoms with Crippen molar-refractivity contribution in [2.24, 2.45) is 5.92 Å². The summed E-state index contributed by atoms with van der Waals surface area (Å²) in [7, 11) is 0. The SMILES string of the molecule is Cc1cnccc1N1CCC(C(=O)O)C1. The molecular weight excluding hydrogens is 192 g/mol. The molecule has 0 spiro atoms. The van der Waals surface area contributed by atoms with Crippen LogP contribution in [0.2, 0.25) is 0 Å². The lowest BCUT2D eigenvalue weighted by molar-refractivity contribution is -0.140. The first kappa shape index (κ1) is 9.96. The Morgan fingerprint density at radius 3 is 3.07 bits per heavy atom. The molecule has 1 unspecified atom stereocenters. The summed E-state index contributed by atoms with van der Waals surface area (Å²) in [5.41, 5.74) is 2.21. The first-order chi connectivity index (χ1) is 7.18. The van der Waals surface area contributed by atoms with Gasteiger partial charge >= 0.3 is 5.97 Å². The minimum Gasteiger partial charge on any atom is -0.481 e. The van der Waals surface area contributed by atoms with E-state index < -0.39 is 5.97 Å². The molecule has 2 rings (SSSR count). The summed E-state index contributed by atoms with van der Waals surface area (Å²) in [6, 6.07) is 1.94. The van der Waals surface area contributed by atoms with Crippen LogP contribution in [0.4, 0.5) is 5.69 Å². The van der Waals surface area contributed by atoms with Crippen LogP contribution in [0, 0.1) is 12.8 Å². The lowest BCUT2D eigenvalue weighted by Crippen LogP contribution is -2.23. The third-order valence-corrected chi connectivity index (χ3v) is 2.87. The number of rotatable bonds is 2. The largest absolute Gasteiger partial charge is 0.481 e. The van der Waals surface area contributed by atoms with Gasteiger partial charge in [-0.15, -0.1) is 0 Å². The minimum absolute atomic E-state index is 0.224. The summed E-state index contributed by atoms with van der Waals surface area (Å²) in [4.78, 5) is 17.0. The summed E-state index contributed by atoms with van der Waals surface area (Å²) >= 11 is 0. The molecule has 0 radical (unpaired) electrons. The van der Waals surface area contributed by atoms with E-state index in [0.717, 1.165) is 24.2 Å². The van der Waals surface area contributed by atoms with Crippen molar-refractivity contribution in [1.29, 1.82) is 0 Å². The predicted octanol–water partition coefficient (Wildman–Crippen LogP) is 1.30. The third kappa shape index (κ3) is 1.93. The fourth-order valence-corrected chi connectivity index (χ4v) is 2.00. The molecule has 0 aliphatic carbocycles. The smallest absolute Gasteiger partial charge is 0.308 e. The van der Waals surface area contributed by atoms with E-state index in [1.54, 1.807) is 6.20 Å². The molecule has 4 nitrogen and oxygen atoms in total. The topological polar surface area (TPSA) is 53.4 Å². The molecule has 2 heterocycles. The van der Waals surface area contributed by atoms with Gasteiger partial charge in [-0.1, -0.05) is 0 Å². The van der Waals surface area contributed by atoms with Gasteiger partial charge in [0.25, 0.3) is 0 Å². The van der Waals surface area contributed by atoms with Gasteiger partial charge in [0.1, 0.15) is 0 Å². The number of carboxylic acid groups (broad SMARTS) is 1. The van der Waals surface area contributed by atoms with Crippen LogP contribution >= 0.6 is 0 Å². The zero-order chi connectivity index (χ0) is 10.8. The van der Waals surface area contributed by atoms with Crippen molar-refractivity contribution in [2.45, 2.75) is 13.3 Å². The number of hydrogen-bond donors (Lipinski definition) is 1. The molecule has 1 saturated heterocycles. The van der Waals surface area contributed by atoms with Crippen molar-refractivity contribution < 1.29 is 9.90 Å². The number of nitrogens with zero attached hydrogens (tertiary/aromatic N) is 2. The number of anilines is 1. The highest BCUT2D eigenvalue weighted by Gasteiger charge is 2.28. The first-order valence-electron chi connectivity index (χ1n) is 5.07. The van der Waals surface area contributed by atoms with Crippen molar-refractivity contribution in [1.82, 2.24) is 4.98 Å². The highest BCUT2D eigenvalue weighted by atomic mass is 16.4. The third-order valence-electron chi connectivity index (χ3n) is 2.87. The van der Waals surface area contributed by atoms with Crippen LogP contribution in [0.25, 0.3) is 0 Å². The molecule has 1 aliphatic heterocycles. The number of pyridine rings is 1. The van der Waals surface area contributed by atoms with Gasteiger partial charge in [0, 0.05) is 31.2 Å². The minimum atomic E-state index is -0.691. The maximum atomic E-state index is 10.8. The van der Waals surface area contributed by atoms with Crippen LogP contribution in [-0.4, -0.2) is 29.1 Å². The van der Waals surface area contributed by atoms with Crippen LogP contribution in [0.1, 0.15) is 12.0 Å². The molecule has 15 heavy (non-hydrogen) atoms. The molecule has 0 amide bonds. The van der Waals surface area contributed by atoms with Gasteiger partial charge in [-0.3, -0.25) is 9.78 Å². The van der Waals surface area contributed by atoms with Crippen LogP contribution in [0.5, 0.6) is 0 Å². The van der Waals surface area contributed by atoms with Crippen LogP contribution < -0.4 is 4.90 Å². The average molecular weight is 206 g/mol. The average Bonchev–Trinajstić information content (AvgIpc) is 2.67. The fraction of sp³-hybridized carbons (Fsp3) is 0.455. The standard InChI is InChI=1S/C11H14N2O2/c1-8-6-12-4-2-10(8)13-5-3-9(7-13)11(14)15/h2,4,6,9H,3,5,7H2,1H3,(H,14,15). The number of aryl methyl sites for hydroxylation is 1. The van der Waals surface area contributed by atoms with Crippen molar-refractivity contribution in [3.05, 3.63) is 24.0 Å². The second-order valence-electron chi connectivity index (χ2n) is 3.93. The van der Waals surface area contributed by atoms with E-state index in [2.05, 4.69) is 9.88 Å². The van der Waals surface area contributed by atoms with Crippen LogP contribution in [0.3, 0.4) is 0 Å². The van der Waals surface area contributed by atoms with Gasteiger partial charge in [-0.05, 0) is 25.0 Å². The van der Waals surface area contributed by atoms with Crippen LogP contribution in [-0.2, 0) is 4.79 Å². The summed E-state index contributed by atoms with van der Waals surface area (Å²) < 4.78 is 0. The van der Waals surface area contributed by atoms with Crippen LogP contribution in [0.15, 0.2) is 18.5 Å². The monoisotopic (exact) mass is 206 g/mol. The Kier molecular flexibility index (Phi) is 2.58. The normalized spacial score (nSPS) is 20.6. The molecule has 4 heteroatoms. The summed E-state index contributed by atoms with van der Waals surface area (Å²) in [6.45, 7) is 3.43. The van der Waals surface area contributed by atoms with E-state index in [4.69, 9.17) is 5.11 Å². The van der Waals surface area contributed by atoms with Gasteiger partial charge in [-0.2, -0.15) is 0 Å². The molecule has 1 aromatic rings. The predicted molar refractivity (Wildman–Crippen MR) is 56.9 cm³/mol. The summed E-state index contributed by atoms with van der Waals surface area (Å²) in [5, 5.41) is 8.91. The molecule has 1 aromatic heterocycles.